The van der Waals surface area contributed by atoms with Gasteiger partial charge in [-0.05, 0) is 17.5 Å². The fourth-order valence-electron chi connectivity index (χ4n) is 3.11. The van der Waals surface area contributed by atoms with Crippen molar-refractivity contribution in [1.82, 2.24) is 9.80 Å². The van der Waals surface area contributed by atoms with Crippen LogP contribution < -0.4 is 4.90 Å². The Labute approximate surface area is 149 Å². The molecule has 1 aliphatic heterocycles. The Morgan fingerprint density at radius 2 is 1.80 bits per heavy atom. The van der Waals surface area contributed by atoms with Crippen LogP contribution in [0, 0.1) is 0 Å². The van der Waals surface area contributed by atoms with Crippen molar-refractivity contribution in [2.45, 2.75) is 33.1 Å². The number of hydrogen-bond donors (Lipinski definition) is 0. The van der Waals surface area contributed by atoms with Crippen molar-refractivity contribution in [3.8, 4) is 0 Å². The molecule has 0 radical (unpaired) electrons. The highest BCUT2D eigenvalue weighted by atomic mass is 16.2. The number of benzene rings is 1. The van der Waals surface area contributed by atoms with E-state index in [1.54, 1.807) is 14.7 Å². The van der Waals surface area contributed by atoms with Gasteiger partial charge < -0.3 is 14.7 Å². The molecule has 0 aromatic heterocycles. The van der Waals surface area contributed by atoms with Gasteiger partial charge in [-0.3, -0.25) is 14.4 Å². The van der Waals surface area contributed by atoms with E-state index in [-0.39, 0.29) is 18.2 Å². The summed E-state index contributed by atoms with van der Waals surface area (Å²) in [5.74, 6) is 0.260. The number of rotatable bonds is 6. The van der Waals surface area contributed by atoms with Crippen molar-refractivity contribution in [2.24, 2.45) is 0 Å². The van der Waals surface area contributed by atoms with E-state index >= 15 is 0 Å². The maximum Gasteiger partial charge on any atom is 0.224 e. The zero-order valence-electron chi connectivity index (χ0n) is 15.3. The minimum Gasteiger partial charge on any atom is -0.342 e. The summed E-state index contributed by atoms with van der Waals surface area (Å²) in [7, 11) is 0. The quantitative estimate of drug-likeness (QED) is 0.739. The van der Waals surface area contributed by atoms with Gasteiger partial charge in [0.15, 0.2) is 0 Å². The SMILES string of the molecule is CC(=O)N(CCC(=O)N1CCN(C=O)CC1)c1ccccc1C(C)C. The van der Waals surface area contributed by atoms with Gasteiger partial charge in [-0.25, -0.2) is 0 Å². The van der Waals surface area contributed by atoms with E-state index in [1.165, 1.54) is 6.92 Å². The van der Waals surface area contributed by atoms with Crippen LogP contribution in [0.5, 0.6) is 0 Å². The fraction of sp³-hybridized carbons (Fsp3) is 0.526. The number of para-hydroxylation sites is 1. The predicted molar refractivity (Wildman–Crippen MR) is 97.4 cm³/mol. The van der Waals surface area contributed by atoms with Crippen molar-refractivity contribution in [3.63, 3.8) is 0 Å². The third-order valence-corrected chi connectivity index (χ3v) is 4.59. The van der Waals surface area contributed by atoms with Crippen molar-refractivity contribution < 1.29 is 14.4 Å². The van der Waals surface area contributed by atoms with Crippen LogP contribution in [0.15, 0.2) is 24.3 Å². The Bertz CT molecular complexity index is 622. The highest BCUT2D eigenvalue weighted by Crippen LogP contribution is 2.27. The standard InChI is InChI=1S/C19H27N3O3/c1-15(2)17-6-4-5-7-18(17)22(16(3)24)9-8-19(25)21-12-10-20(14-23)11-13-21/h4-7,14-15H,8-13H2,1-3H3. The van der Waals surface area contributed by atoms with E-state index in [1.807, 2.05) is 24.3 Å². The molecule has 6 nitrogen and oxygen atoms in total. The Hall–Kier alpha value is -2.37. The molecule has 6 heteroatoms. The second kappa shape index (κ2) is 8.65. The Kier molecular flexibility index (Phi) is 6.56. The second-order valence-electron chi connectivity index (χ2n) is 6.66. The number of anilines is 1. The predicted octanol–water partition coefficient (Wildman–Crippen LogP) is 1.85. The lowest BCUT2D eigenvalue weighted by atomic mass is 10.00. The normalized spacial score (nSPS) is 14.6. The minimum absolute atomic E-state index is 0.0267. The molecule has 0 bridgehead atoms. The van der Waals surface area contributed by atoms with Crippen LogP contribution in [0.1, 0.15) is 38.7 Å². The van der Waals surface area contributed by atoms with E-state index in [0.717, 1.165) is 17.7 Å². The molecule has 0 saturated carbocycles. The van der Waals surface area contributed by atoms with Crippen molar-refractivity contribution in [1.29, 1.82) is 0 Å². The highest BCUT2D eigenvalue weighted by molar-refractivity contribution is 5.93. The number of nitrogens with zero attached hydrogens (tertiary/aromatic N) is 3. The molecule has 1 saturated heterocycles. The average molecular weight is 345 g/mol. The van der Waals surface area contributed by atoms with Crippen LogP contribution in [-0.4, -0.2) is 60.7 Å². The van der Waals surface area contributed by atoms with Crippen LogP contribution in [0.2, 0.25) is 0 Å². The van der Waals surface area contributed by atoms with Gasteiger partial charge in [0.25, 0.3) is 0 Å². The first-order valence-corrected chi connectivity index (χ1v) is 8.78. The Morgan fingerprint density at radius 3 is 2.36 bits per heavy atom. The molecular weight excluding hydrogens is 318 g/mol. The fourth-order valence-corrected chi connectivity index (χ4v) is 3.11. The van der Waals surface area contributed by atoms with E-state index in [9.17, 15) is 14.4 Å². The van der Waals surface area contributed by atoms with Crippen LogP contribution in [0.25, 0.3) is 0 Å². The minimum atomic E-state index is -0.0633. The summed E-state index contributed by atoms with van der Waals surface area (Å²) in [6.45, 7) is 8.34. The van der Waals surface area contributed by atoms with Gasteiger partial charge in [0, 0.05) is 51.8 Å². The van der Waals surface area contributed by atoms with Crippen LogP contribution in [0.4, 0.5) is 5.69 Å². The number of carbonyl (C=O) groups excluding carboxylic acids is 3. The number of hydrogen-bond acceptors (Lipinski definition) is 3. The Balaban J connectivity index is 2.02. The largest absolute Gasteiger partial charge is 0.342 e. The molecule has 0 N–H and O–H groups in total. The lowest BCUT2D eigenvalue weighted by Crippen LogP contribution is -2.48. The molecule has 1 aliphatic rings. The monoisotopic (exact) mass is 345 g/mol. The summed E-state index contributed by atoms with van der Waals surface area (Å²) in [4.78, 5) is 40.5. The summed E-state index contributed by atoms with van der Waals surface area (Å²) in [5, 5.41) is 0. The third kappa shape index (κ3) is 4.81. The van der Waals surface area contributed by atoms with E-state index in [0.29, 0.717) is 38.6 Å². The molecule has 136 valence electrons. The summed E-state index contributed by atoms with van der Waals surface area (Å²) in [5.41, 5.74) is 1.98. The Morgan fingerprint density at radius 1 is 1.16 bits per heavy atom. The van der Waals surface area contributed by atoms with Crippen molar-refractivity contribution in [3.05, 3.63) is 29.8 Å². The average Bonchev–Trinajstić information content (AvgIpc) is 2.61. The molecule has 3 amide bonds. The maximum atomic E-state index is 12.5. The first-order chi connectivity index (χ1) is 11.9. The van der Waals surface area contributed by atoms with E-state index < -0.39 is 0 Å². The molecule has 2 rings (SSSR count). The molecule has 1 aromatic rings. The highest BCUT2D eigenvalue weighted by Gasteiger charge is 2.22. The van der Waals surface area contributed by atoms with Gasteiger partial charge in [-0.1, -0.05) is 32.0 Å². The maximum absolute atomic E-state index is 12.5. The van der Waals surface area contributed by atoms with Gasteiger partial charge in [0.05, 0.1) is 0 Å². The molecule has 25 heavy (non-hydrogen) atoms. The molecule has 0 aliphatic carbocycles. The molecule has 0 unspecified atom stereocenters. The summed E-state index contributed by atoms with van der Waals surface area (Å²) in [6, 6.07) is 7.84. The van der Waals surface area contributed by atoms with Gasteiger partial charge in [0.1, 0.15) is 0 Å². The molecular formula is C19H27N3O3. The van der Waals surface area contributed by atoms with Gasteiger partial charge in [0.2, 0.25) is 18.2 Å². The van der Waals surface area contributed by atoms with Gasteiger partial charge in [-0.2, -0.15) is 0 Å². The summed E-state index contributed by atoms with van der Waals surface area (Å²) in [6.07, 6.45) is 1.11. The topological polar surface area (TPSA) is 60.9 Å². The number of carbonyl (C=O) groups is 3. The summed E-state index contributed by atoms with van der Waals surface area (Å²) >= 11 is 0. The molecule has 1 fully saturated rings. The van der Waals surface area contributed by atoms with Crippen LogP contribution >= 0.6 is 0 Å². The zero-order valence-corrected chi connectivity index (χ0v) is 15.3. The summed E-state index contributed by atoms with van der Waals surface area (Å²) < 4.78 is 0. The van der Waals surface area contributed by atoms with Crippen molar-refractivity contribution >= 4 is 23.9 Å². The van der Waals surface area contributed by atoms with Gasteiger partial charge >= 0.3 is 0 Å². The molecule has 0 atom stereocenters. The van der Waals surface area contributed by atoms with Crippen LogP contribution in [0.3, 0.4) is 0 Å². The zero-order chi connectivity index (χ0) is 18.4. The molecule has 1 aromatic carbocycles. The lowest BCUT2D eigenvalue weighted by molar-refractivity contribution is -0.135. The first-order valence-electron chi connectivity index (χ1n) is 8.78. The smallest absolute Gasteiger partial charge is 0.224 e. The van der Waals surface area contributed by atoms with Gasteiger partial charge in [-0.15, -0.1) is 0 Å². The lowest BCUT2D eigenvalue weighted by Gasteiger charge is -2.33. The van der Waals surface area contributed by atoms with E-state index in [4.69, 9.17) is 0 Å². The second-order valence-corrected chi connectivity index (χ2v) is 6.66. The van der Waals surface area contributed by atoms with Crippen LogP contribution in [-0.2, 0) is 14.4 Å². The van der Waals surface area contributed by atoms with Crippen molar-refractivity contribution in [2.75, 3.05) is 37.6 Å². The number of piperazine rings is 1. The number of amides is 3. The molecule has 1 heterocycles. The first kappa shape index (κ1) is 19.0. The third-order valence-electron chi connectivity index (χ3n) is 4.59. The van der Waals surface area contributed by atoms with E-state index in [2.05, 4.69) is 13.8 Å². The molecule has 0 spiro atoms.